The summed E-state index contributed by atoms with van der Waals surface area (Å²) in [4.78, 5) is 5.05. The van der Waals surface area contributed by atoms with Crippen LogP contribution in [0.4, 0.5) is 0 Å². The van der Waals surface area contributed by atoms with Crippen LogP contribution in [-0.2, 0) is 6.54 Å². The van der Waals surface area contributed by atoms with Crippen LogP contribution < -0.4 is 0 Å². The van der Waals surface area contributed by atoms with E-state index in [2.05, 4.69) is 83.1 Å². The molecule has 2 aliphatic rings. The molecular formula is C22H24N2. The Kier molecular flexibility index (Phi) is 4.22. The first-order valence-electron chi connectivity index (χ1n) is 8.79. The molecule has 0 radical (unpaired) electrons. The maximum atomic E-state index is 4.34. The fraction of sp³-hybridized carbons (Fsp3) is 0.273. The summed E-state index contributed by atoms with van der Waals surface area (Å²) in [5.41, 5.74) is 5.23. The summed E-state index contributed by atoms with van der Waals surface area (Å²) in [6, 6.07) is 19.8. The van der Waals surface area contributed by atoms with Gasteiger partial charge in [0.2, 0.25) is 0 Å². The van der Waals surface area contributed by atoms with Crippen molar-refractivity contribution in [3.8, 4) is 0 Å². The van der Waals surface area contributed by atoms with Gasteiger partial charge in [0.15, 0.2) is 0 Å². The monoisotopic (exact) mass is 316 g/mol. The van der Waals surface area contributed by atoms with Gasteiger partial charge >= 0.3 is 0 Å². The minimum atomic E-state index is 0.593. The Hall–Kier alpha value is -2.32. The standard InChI is InChI=1S/C22H24N2/c1-18-22-12-6-5-11-20(22)16-24(18)21-13-15-23(17-21)14-7-10-19-8-3-2-4-9-19/h2-12,21H,1,13-17H2/b10-7-. The van der Waals surface area contributed by atoms with Crippen LogP contribution in [0.25, 0.3) is 11.8 Å². The number of hydrogen-bond donors (Lipinski definition) is 0. The van der Waals surface area contributed by atoms with E-state index < -0.39 is 0 Å². The van der Waals surface area contributed by atoms with Crippen LogP contribution in [-0.4, -0.2) is 35.5 Å². The molecule has 0 saturated carbocycles. The van der Waals surface area contributed by atoms with Crippen molar-refractivity contribution in [2.24, 2.45) is 0 Å². The van der Waals surface area contributed by atoms with Gasteiger partial charge in [-0.25, -0.2) is 0 Å². The molecule has 0 aromatic heterocycles. The van der Waals surface area contributed by atoms with Crippen molar-refractivity contribution in [2.45, 2.75) is 19.0 Å². The number of hydrogen-bond acceptors (Lipinski definition) is 2. The van der Waals surface area contributed by atoms with E-state index in [0.717, 1.165) is 19.6 Å². The molecule has 1 atom stereocenters. The zero-order valence-corrected chi connectivity index (χ0v) is 14.1. The summed E-state index contributed by atoms with van der Waals surface area (Å²) in [5, 5.41) is 0. The molecule has 0 bridgehead atoms. The first kappa shape index (κ1) is 15.2. The van der Waals surface area contributed by atoms with Gasteiger partial charge in [-0.3, -0.25) is 4.90 Å². The summed E-state index contributed by atoms with van der Waals surface area (Å²) in [7, 11) is 0. The van der Waals surface area contributed by atoms with Gasteiger partial charge in [-0.2, -0.15) is 0 Å². The molecule has 4 rings (SSSR count). The fourth-order valence-electron chi connectivity index (χ4n) is 3.86. The Labute approximate surface area is 144 Å². The predicted molar refractivity (Wildman–Crippen MR) is 101 cm³/mol. The highest BCUT2D eigenvalue weighted by Crippen LogP contribution is 2.35. The molecule has 0 amide bonds. The zero-order valence-electron chi connectivity index (χ0n) is 14.1. The lowest BCUT2D eigenvalue weighted by atomic mass is 10.1. The second-order valence-corrected chi connectivity index (χ2v) is 6.75. The summed E-state index contributed by atoms with van der Waals surface area (Å²) in [6.45, 7) is 8.69. The van der Waals surface area contributed by atoms with Gasteiger partial charge in [0.25, 0.3) is 0 Å². The molecule has 2 aliphatic heterocycles. The van der Waals surface area contributed by atoms with Crippen LogP contribution in [0, 0.1) is 0 Å². The third-order valence-corrected chi connectivity index (χ3v) is 5.18. The van der Waals surface area contributed by atoms with Gasteiger partial charge in [-0.15, -0.1) is 0 Å². The maximum absolute atomic E-state index is 4.34. The van der Waals surface area contributed by atoms with Crippen LogP contribution in [0.1, 0.15) is 23.1 Å². The number of rotatable bonds is 4. The number of fused-ring (bicyclic) bond motifs is 1. The summed E-state index contributed by atoms with van der Waals surface area (Å²) in [5.74, 6) is 0. The minimum absolute atomic E-state index is 0.593. The van der Waals surface area contributed by atoms with Gasteiger partial charge in [0.05, 0.1) is 0 Å². The Balaban J connectivity index is 1.34. The van der Waals surface area contributed by atoms with E-state index in [0.29, 0.717) is 6.04 Å². The van der Waals surface area contributed by atoms with Crippen molar-refractivity contribution in [1.82, 2.24) is 9.80 Å². The van der Waals surface area contributed by atoms with Crippen molar-refractivity contribution in [3.63, 3.8) is 0 Å². The lowest BCUT2D eigenvalue weighted by molar-refractivity contribution is 0.284. The second-order valence-electron chi connectivity index (χ2n) is 6.75. The normalized spacial score (nSPS) is 20.9. The van der Waals surface area contributed by atoms with Gasteiger partial charge in [0.1, 0.15) is 0 Å². The molecule has 0 aliphatic carbocycles. The largest absolute Gasteiger partial charge is 0.363 e. The smallest absolute Gasteiger partial charge is 0.0439 e. The van der Waals surface area contributed by atoms with Crippen LogP contribution in [0.3, 0.4) is 0 Å². The summed E-state index contributed by atoms with van der Waals surface area (Å²) >= 11 is 0. The quantitative estimate of drug-likeness (QED) is 0.831. The SMILES string of the molecule is C=C1c2ccccc2CN1C1CCN(C/C=C\c2ccccc2)C1. The molecular weight excluding hydrogens is 292 g/mol. The van der Waals surface area contributed by atoms with E-state index in [-0.39, 0.29) is 0 Å². The van der Waals surface area contributed by atoms with Gasteiger partial charge in [0, 0.05) is 43.5 Å². The second kappa shape index (κ2) is 6.66. The Morgan fingerprint density at radius 1 is 1.04 bits per heavy atom. The van der Waals surface area contributed by atoms with Crippen molar-refractivity contribution in [1.29, 1.82) is 0 Å². The highest BCUT2D eigenvalue weighted by atomic mass is 15.3. The maximum Gasteiger partial charge on any atom is 0.0439 e. The number of nitrogens with zero attached hydrogens (tertiary/aromatic N) is 2. The van der Waals surface area contributed by atoms with Crippen molar-refractivity contribution in [2.75, 3.05) is 19.6 Å². The van der Waals surface area contributed by atoms with E-state index in [1.807, 2.05) is 0 Å². The van der Waals surface area contributed by atoms with Crippen LogP contribution in [0.15, 0.2) is 67.3 Å². The number of benzene rings is 2. The van der Waals surface area contributed by atoms with E-state index in [1.165, 1.54) is 35.4 Å². The lowest BCUT2D eigenvalue weighted by Gasteiger charge is -2.27. The van der Waals surface area contributed by atoms with Crippen LogP contribution >= 0.6 is 0 Å². The molecule has 1 fully saturated rings. The molecule has 1 saturated heterocycles. The fourth-order valence-corrected chi connectivity index (χ4v) is 3.86. The van der Waals surface area contributed by atoms with Crippen LogP contribution in [0.5, 0.6) is 0 Å². The molecule has 0 N–H and O–H groups in total. The van der Waals surface area contributed by atoms with Crippen LogP contribution in [0.2, 0.25) is 0 Å². The lowest BCUT2D eigenvalue weighted by Crippen LogP contribution is -2.33. The van der Waals surface area contributed by atoms with E-state index in [9.17, 15) is 0 Å². The van der Waals surface area contributed by atoms with Crippen molar-refractivity contribution >= 4 is 11.8 Å². The minimum Gasteiger partial charge on any atom is -0.363 e. The van der Waals surface area contributed by atoms with Crippen molar-refractivity contribution < 1.29 is 0 Å². The average Bonchev–Trinajstić information content (AvgIpc) is 3.21. The van der Waals surface area contributed by atoms with Gasteiger partial charge in [-0.1, -0.05) is 73.3 Å². The highest BCUT2D eigenvalue weighted by Gasteiger charge is 2.32. The molecule has 2 aromatic rings. The molecule has 2 heterocycles. The summed E-state index contributed by atoms with van der Waals surface area (Å²) in [6.07, 6.45) is 5.73. The first-order chi connectivity index (χ1) is 11.8. The predicted octanol–water partition coefficient (Wildman–Crippen LogP) is 4.26. The van der Waals surface area contributed by atoms with Crippen molar-refractivity contribution in [3.05, 3.63) is 83.9 Å². The molecule has 1 unspecified atom stereocenters. The third kappa shape index (κ3) is 3.02. The molecule has 0 spiro atoms. The topological polar surface area (TPSA) is 6.48 Å². The summed E-state index contributed by atoms with van der Waals surface area (Å²) < 4.78 is 0. The Bertz CT molecular complexity index is 748. The Morgan fingerprint density at radius 3 is 2.67 bits per heavy atom. The zero-order chi connectivity index (χ0) is 16.4. The van der Waals surface area contributed by atoms with E-state index >= 15 is 0 Å². The van der Waals surface area contributed by atoms with E-state index in [1.54, 1.807) is 0 Å². The van der Waals surface area contributed by atoms with Gasteiger partial charge in [-0.05, 0) is 17.5 Å². The van der Waals surface area contributed by atoms with Gasteiger partial charge < -0.3 is 4.90 Å². The third-order valence-electron chi connectivity index (χ3n) is 5.18. The highest BCUT2D eigenvalue weighted by molar-refractivity contribution is 5.69. The first-order valence-corrected chi connectivity index (χ1v) is 8.79. The molecule has 122 valence electrons. The Morgan fingerprint density at radius 2 is 1.83 bits per heavy atom. The molecule has 2 aromatic carbocycles. The average molecular weight is 316 g/mol. The van der Waals surface area contributed by atoms with E-state index in [4.69, 9.17) is 0 Å². The molecule has 24 heavy (non-hydrogen) atoms. The molecule has 2 nitrogen and oxygen atoms in total. The number of likely N-dealkylation sites (tertiary alicyclic amines) is 1. The molecule has 2 heteroatoms.